The lowest BCUT2D eigenvalue weighted by atomic mass is 9.90. The van der Waals surface area contributed by atoms with Crippen LogP contribution in [0.1, 0.15) is 29.5 Å². The summed E-state index contributed by atoms with van der Waals surface area (Å²) in [6.45, 7) is 0. The van der Waals surface area contributed by atoms with E-state index >= 15 is 0 Å². The number of carbonyl (C=O) groups is 1. The molecule has 0 fully saturated rings. The molecule has 1 aliphatic rings. The molecule has 2 aromatic rings. The van der Waals surface area contributed by atoms with Crippen LogP contribution in [0.4, 0.5) is 11.4 Å². The standard InChI is InChI=1S/C20H24N2O4S/c1-26-19-10-9-17(13-18(19)22-27(2,24)25)21-20(23)12-14-7-8-15-5-3-4-6-16(15)11-14/h7-11,13,22H,3-6,12H2,1-2H3,(H,21,23). The fourth-order valence-corrected chi connectivity index (χ4v) is 3.91. The van der Waals surface area contributed by atoms with Gasteiger partial charge in [-0.15, -0.1) is 0 Å². The zero-order chi connectivity index (χ0) is 19.4. The summed E-state index contributed by atoms with van der Waals surface area (Å²) in [6, 6.07) is 11.1. The summed E-state index contributed by atoms with van der Waals surface area (Å²) in [7, 11) is -2.00. The van der Waals surface area contributed by atoms with Crippen molar-refractivity contribution in [3.63, 3.8) is 0 Å². The van der Waals surface area contributed by atoms with Crippen LogP contribution < -0.4 is 14.8 Å². The van der Waals surface area contributed by atoms with Gasteiger partial charge in [0.15, 0.2) is 0 Å². The third-order valence-electron chi connectivity index (χ3n) is 4.56. The average molecular weight is 388 g/mol. The first-order valence-electron chi connectivity index (χ1n) is 8.90. The molecule has 144 valence electrons. The number of carbonyl (C=O) groups excluding carboxylic acids is 1. The number of nitrogens with one attached hydrogen (secondary N) is 2. The minimum atomic E-state index is -3.46. The predicted molar refractivity (Wildman–Crippen MR) is 107 cm³/mol. The highest BCUT2D eigenvalue weighted by atomic mass is 32.2. The molecule has 6 nitrogen and oxygen atoms in total. The minimum Gasteiger partial charge on any atom is -0.495 e. The van der Waals surface area contributed by atoms with Crippen LogP contribution in [0.15, 0.2) is 36.4 Å². The van der Waals surface area contributed by atoms with Crippen molar-refractivity contribution in [2.24, 2.45) is 0 Å². The molecule has 0 bridgehead atoms. The largest absolute Gasteiger partial charge is 0.495 e. The van der Waals surface area contributed by atoms with Gasteiger partial charge in [0, 0.05) is 5.69 Å². The van der Waals surface area contributed by atoms with E-state index in [2.05, 4.69) is 22.2 Å². The van der Waals surface area contributed by atoms with Crippen molar-refractivity contribution in [2.45, 2.75) is 32.1 Å². The molecular formula is C20H24N2O4S. The van der Waals surface area contributed by atoms with Gasteiger partial charge < -0.3 is 10.1 Å². The lowest BCUT2D eigenvalue weighted by Gasteiger charge is -2.16. The third-order valence-corrected chi connectivity index (χ3v) is 5.15. The number of aryl methyl sites for hydroxylation is 2. The maximum atomic E-state index is 12.4. The molecule has 0 radical (unpaired) electrons. The number of benzene rings is 2. The van der Waals surface area contributed by atoms with Gasteiger partial charge in [-0.3, -0.25) is 9.52 Å². The molecule has 1 aliphatic carbocycles. The fourth-order valence-electron chi connectivity index (χ4n) is 3.35. The van der Waals surface area contributed by atoms with E-state index in [1.165, 1.54) is 31.1 Å². The van der Waals surface area contributed by atoms with Crippen molar-refractivity contribution in [2.75, 3.05) is 23.4 Å². The van der Waals surface area contributed by atoms with E-state index in [0.29, 0.717) is 11.4 Å². The Bertz CT molecular complexity index is 954. The molecule has 0 heterocycles. The van der Waals surface area contributed by atoms with Gasteiger partial charge in [0.05, 0.1) is 25.5 Å². The number of methoxy groups -OCH3 is 1. The van der Waals surface area contributed by atoms with E-state index in [9.17, 15) is 13.2 Å². The lowest BCUT2D eigenvalue weighted by Crippen LogP contribution is -2.16. The molecule has 0 aliphatic heterocycles. The van der Waals surface area contributed by atoms with Crippen LogP contribution in [-0.2, 0) is 34.1 Å². The number of sulfonamides is 1. The van der Waals surface area contributed by atoms with Gasteiger partial charge in [-0.05, 0) is 60.6 Å². The van der Waals surface area contributed by atoms with E-state index in [4.69, 9.17) is 4.74 Å². The van der Waals surface area contributed by atoms with E-state index < -0.39 is 10.0 Å². The van der Waals surface area contributed by atoms with Gasteiger partial charge in [0.1, 0.15) is 5.75 Å². The monoisotopic (exact) mass is 388 g/mol. The molecule has 2 aromatic carbocycles. The minimum absolute atomic E-state index is 0.152. The molecule has 2 N–H and O–H groups in total. The number of hydrogen-bond acceptors (Lipinski definition) is 4. The van der Waals surface area contributed by atoms with Crippen LogP contribution in [0.2, 0.25) is 0 Å². The molecule has 1 amide bonds. The number of hydrogen-bond donors (Lipinski definition) is 2. The van der Waals surface area contributed by atoms with Crippen LogP contribution >= 0.6 is 0 Å². The van der Waals surface area contributed by atoms with Gasteiger partial charge in [-0.25, -0.2) is 8.42 Å². The van der Waals surface area contributed by atoms with Crippen LogP contribution in [0.25, 0.3) is 0 Å². The van der Waals surface area contributed by atoms with E-state index in [1.807, 2.05) is 6.07 Å². The summed E-state index contributed by atoms with van der Waals surface area (Å²) in [4.78, 5) is 12.4. The molecule has 0 saturated heterocycles. The highest BCUT2D eigenvalue weighted by molar-refractivity contribution is 7.92. The number of ether oxygens (including phenoxy) is 1. The Morgan fingerprint density at radius 2 is 1.81 bits per heavy atom. The molecule has 0 aromatic heterocycles. The van der Waals surface area contributed by atoms with Gasteiger partial charge >= 0.3 is 0 Å². The maximum Gasteiger partial charge on any atom is 0.229 e. The van der Waals surface area contributed by atoms with E-state index in [-0.39, 0.29) is 18.0 Å². The molecular weight excluding hydrogens is 364 g/mol. The summed E-state index contributed by atoms with van der Waals surface area (Å²) < 4.78 is 30.6. The summed E-state index contributed by atoms with van der Waals surface area (Å²) in [5.41, 5.74) is 4.50. The van der Waals surface area contributed by atoms with Gasteiger partial charge in [0.2, 0.25) is 15.9 Å². The van der Waals surface area contributed by atoms with Crippen LogP contribution in [-0.4, -0.2) is 27.7 Å². The predicted octanol–water partition coefficient (Wildman–Crippen LogP) is 3.13. The summed E-state index contributed by atoms with van der Waals surface area (Å²) in [6.07, 6.45) is 5.95. The first-order chi connectivity index (χ1) is 12.8. The Balaban J connectivity index is 1.71. The second-order valence-electron chi connectivity index (χ2n) is 6.82. The number of rotatable bonds is 6. The van der Waals surface area contributed by atoms with E-state index in [0.717, 1.165) is 24.7 Å². The van der Waals surface area contributed by atoms with Gasteiger partial charge in [-0.1, -0.05) is 18.2 Å². The Morgan fingerprint density at radius 3 is 2.52 bits per heavy atom. The number of amides is 1. The Labute approximate surface area is 160 Å². The van der Waals surface area contributed by atoms with Crippen molar-refractivity contribution in [1.29, 1.82) is 0 Å². The van der Waals surface area contributed by atoms with E-state index in [1.54, 1.807) is 18.2 Å². The first-order valence-corrected chi connectivity index (χ1v) is 10.8. The highest BCUT2D eigenvalue weighted by Gasteiger charge is 2.13. The average Bonchev–Trinajstić information content (AvgIpc) is 2.60. The zero-order valence-electron chi connectivity index (χ0n) is 15.5. The second-order valence-corrected chi connectivity index (χ2v) is 8.57. The molecule has 27 heavy (non-hydrogen) atoms. The van der Waals surface area contributed by atoms with Gasteiger partial charge in [-0.2, -0.15) is 0 Å². The normalized spacial score (nSPS) is 13.6. The quantitative estimate of drug-likeness (QED) is 0.796. The van der Waals surface area contributed by atoms with Crippen molar-refractivity contribution in [1.82, 2.24) is 0 Å². The summed E-state index contributed by atoms with van der Waals surface area (Å²) in [5.74, 6) is 0.231. The first kappa shape index (κ1) is 19.2. The molecule has 0 spiro atoms. The number of fused-ring (bicyclic) bond motifs is 1. The molecule has 7 heteroatoms. The van der Waals surface area contributed by atoms with Crippen molar-refractivity contribution < 1.29 is 17.9 Å². The molecule has 0 unspecified atom stereocenters. The van der Waals surface area contributed by atoms with Crippen LogP contribution in [0.3, 0.4) is 0 Å². The van der Waals surface area contributed by atoms with Gasteiger partial charge in [0.25, 0.3) is 0 Å². The Morgan fingerprint density at radius 1 is 1.07 bits per heavy atom. The third kappa shape index (κ3) is 5.23. The van der Waals surface area contributed by atoms with Crippen molar-refractivity contribution >= 4 is 27.3 Å². The van der Waals surface area contributed by atoms with Crippen LogP contribution in [0.5, 0.6) is 5.75 Å². The fraction of sp³-hybridized carbons (Fsp3) is 0.350. The highest BCUT2D eigenvalue weighted by Crippen LogP contribution is 2.29. The Hall–Kier alpha value is -2.54. The number of anilines is 2. The Kier molecular flexibility index (Phi) is 5.70. The maximum absolute atomic E-state index is 12.4. The molecule has 3 rings (SSSR count). The molecule has 0 atom stereocenters. The zero-order valence-corrected chi connectivity index (χ0v) is 16.4. The topological polar surface area (TPSA) is 84.5 Å². The second kappa shape index (κ2) is 8.00. The smallest absolute Gasteiger partial charge is 0.229 e. The summed E-state index contributed by atoms with van der Waals surface area (Å²) in [5, 5.41) is 2.82. The molecule has 0 saturated carbocycles. The lowest BCUT2D eigenvalue weighted by molar-refractivity contribution is -0.115. The summed E-state index contributed by atoms with van der Waals surface area (Å²) >= 11 is 0. The SMILES string of the molecule is COc1ccc(NC(=O)Cc2ccc3c(c2)CCCC3)cc1NS(C)(=O)=O. The van der Waals surface area contributed by atoms with Crippen molar-refractivity contribution in [3.8, 4) is 5.75 Å². The van der Waals surface area contributed by atoms with Crippen LogP contribution in [0, 0.1) is 0 Å². The van der Waals surface area contributed by atoms with Crippen molar-refractivity contribution in [3.05, 3.63) is 53.1 Å².